The molecule has 270 valence electrons. The molecule has 58 heavy (non-hydrogen) atoms. The lowest BCUT2D eigenvalue weighted by molar-refractivity contribution is 0.672. The van der Waals surface area contributed by atoms with Gasteiger partial charge in [-0.3, -0.25) is 0 Å². The second-order valence-corrected chi connectivity index (χ2v) is 14.8. The van der Waals surface area contributed by atoms with Crippen molar-refractivity contribution in [1.82, 2.24) is 19.5 Å². The summed E-state index contributed by atoms with van der Waals surface area (Å²) in [6.07, 6.45) is 0. The lowest BCUT2D eigenvalue weighted by Gasteiger charge is -2.13. The Morgan fingerprint density at radius 1 is 0.328 bits per heavy atom. The molecule has 5 heteroatoms. The molecule has 0 saturated heterocycles. The summed E-state index contributed by atoms with van der Waals surface area (Å²) in [6.45, 7) is 0. The zero-order valence-corrected chi connectivity index (χ0v) is 31.2. The molecule has 9 aromatic carbocycles. The van der Waals surface area contributed by atoms with Crippen molar-refractivity contribution in [3.8, 4) is 51.0 Å². The zero-order chi connectivity index (χ0) is 38.2. The maximum Gasteiger partial charge on any atom is 0.164 e. The van der Waals surface area contributed by atoms with E-state index in [-0.39, 0.29) is 0 Å². The summed E-state index contributed by atoms with van der Waals surface area (Å²) in [6, 6.07) is 68.0. The molecule has 0 saturated carbocycles. The van der Waals surface area contributed by atoms with Crippen molar-refractivity contribution in [3.63, 3.8) is 0 Å². The van der Waals surface area contributed by atoms with Crippen LogP contribution in [-0.4, -0.2) is 19.5 Å². The van der Waals surface area contributed by atoms with Crippen LogP contribution in [0.3, 0.4) is 0 Å². The van der Waals surface area contributed by atoms with E-state index in [1.54, 1.807) is 0 Å². The van der Waals surface area contributed by atoms with E-state index in [0.29, 0.717) is 17.5 Å². The molecule has 0 radical (unpaired) electrons. The highest BCUT2D eigenvalue weighted by Gasteiger charge is 2.20. The van der Waals surface area contributed by atoms with Crippen LogP contribution in [0.4, 0.5) is 0 Å². The van der Waals surface area contributed by atoms with Gasteiger partial charge in [-0.2, -0.15) is 0 Å². The first-order valence-corrected chi connectivity index (χ1v) is 19.5. The Hall–Kier alpha value is -7.89. The maximum atomic E-state index is 6.74. The van der Waals surface area contributed by atoms with Crippen LogP contribution in [0.2, 0.25) is 0 Å². The number of hydrogen-bond donors (Lipinski definition) is 0. The van der Waals surface area contributed by atoms with Gasteiger partial charge in [0.05, 0.1) is 16.7 Å². The molecule has 0 unspecified atom stereocenters. The number of hydrogen-bond acceptors (Lipinski definition) is 4. The van der Waals surface area contributed by atoms with Gasteiger partial charge in [0.25, 0.3) is 0 Å². The summed E-state index contributed by atoms with van der Waals surface area (Å²) in [5.74, 6) is 1.83. The second kappa shape index (κ2) is 12.8. The first kappa shape index (κ1) is 32.4. The molecule has 0 fully saturated rings. The van der Waals surface area contributed by atoms with E-state index in [2.05, 4.69) is 156 Å². The highest BCUT2D eigenvalue weighted by atomic mass is 16.3. The highest BCUT2D eigenvalue weighted by Crippen LogP contribution is 2.42. The number of benzene rings is 9. The molecule has 0 atom stereocenters. The molecule has 0 N–H and O–H groups in total. The van der Waals surface area contributed by atoms with Crippen molar-refractivity contribution in [1.29, 1.82) is 0 Å². The average Bonchev–Trinajstić information content (AvgIpc) is 3.83. The number of furan rings is 1. The molecule has 0 aliphatic rings. The van der Waals surface area contributed by atoms with Gasteiger partial charge in [-0.1, -0.05) is 146 Å². The number of nitrogens with zero attached hydrogens (tertiary/aromatic N) is 4. The van der Waals surface area contributed by atoms with Gasteiger partial charge in [0.1, 0.15) is 11.2 Å². The fraction of sp³-hybridized carbons (Fsp3) is 0. The van der Waals surface area contributed by atoms with Gasteiger partial charge in [-0.15, -0.1) is 0 Å². The molecular formula is C53H32N4O. The topological polar surface area (TPSA) is 56.7 Å². The quantitative estimate of drug-likeness (QED) is 0.176. The Bertz CT molecular complexity index is 3570. The van der Waals surface area contributed by atoms with Crippen LogP contribution in [0.1, 0.15) is 0 Å². The van der Waals surface area contributed by atoms with Crippen LogP contribution in [0.25, 0.3) is 116 Å². The van der Waals surface area contributed by atoms with E-state index in [1.165, 1.54) is 27.1 Å². The minimum Gasteiger partial charge on any atom is -0.455 e. The van der Waals surface area contributed by atoms with Crippen LogP contribution >= 0.6 is 0 Å². The Balaban J connectivity index is 1.09. The predicted octanol–water partition coefficient (Wildman–Crippen LogP) is 13.8. The highest BCUT2D eigenvalue weighted by molar-refractivity contribution is 6.20. The van der Waals surface area contributed by atoms with Crippen molar-refractivity contribution >= 4 is 65.3 Å². The maximum absolute atomic E-state index is 6.74. The smallest absolute Gasteiger partial charge is 0.164 e. The minimum absolute atomic E-state index is 0.598. The van der Waals surface area contributed by atoms with E-state index >= 15 is 0 Å². The zero-order valence-electron chi connectivity index (χ0n) is 31.2. The van der Waals surface area contributed by atoms with Crippen LogP contribution in [0.15, 0.2) is 199 Å². The molecule has 5 nitrogen and oxygen atoms in total. The van der Waals surface area contributed by atoms with Crippen LogP contribution < -0.4 is 0 Å². The molecule has 12 rings (SSSR count). The second-order valence-electron chi connectivity index (χ2n) is 14.8. The van der Waals surface area contributed by atoms with Crippen molar-refractivity contribution in [2.45, 2.75) is 0 Å². The lowest BCUT2D eigenvalue weighted by Crippen LogP contribution is -2.00. The van der Waals surface area contributed by atoms with E-state index in [9.17, 15) is 0 Å². The summed E-state index contributed by atoms with van der Waals surface area (Å²) < 4.78 is 9.17. The van der Waals surface area contributed by atoms with Gasteiger partial charge >= 0.3 is 0 Å². The largest absolute Gasteiger partial charge is 0.455 e. The molecule has 0 aliphatic carbocycles. The number of para-hydroxylation sites is 1. The van der Waals surface area contributed by atoms with Crippen LogP contribution in [-0.2, 0) is 0 Å². The predicted molar refractivity (Wildman–Crippen MR) is 238 cm³/mol. The van der Waals surface area contributed by atoms with Gasteiger partial charge in [0, 0.05) is 49.0 Å². The van der Waals surface area contributed by atoms with Crippen molar-refractivity contribution < 1.29 is 4.42 Å². The van der Waals surface area contributed by atoms with Crippen molar-refractivity contribution in [2.24, 2.45) is 0 Å². The van der Waals surface area contributed by atoms with Crippen LogP contribution in [0.5, 0.6) is 0 Å². The number of aromatic nitrogens is 4. The first-order chi connectivity index (χ1) is 28.7. The Kier molecular flexibility index (Phi) is 7.16. The van der Waals surface area contributed by atoms with E-state index < -0.39 is 0 Å². The Labute approximate surface area is 333 Å². The minimum atomic E-state index is 0.598. The molecule has 0 aliphatic heterocycles. The van der Waals surface area contributed by atoms with Crippen LogP contribution in [0, 0.1) is 0 Å². The molecular weight excluding hydrogens is 709 g/mol. The van der Waals surface area contributed by atoms with Crippen molar-refractivity contribution in [2.75, 3.05) is 0 Å². The third-order valence-electron chi connectivity index (χ3n) is 11.4. The molecule has 0 bridgehead atoms. The standard InChI is InChI=1S/C53H32N4O/c1-3-14-33(15-4-1)35-20-13-21-38(28-35)52-54-51(34-16-5-2-6-17-34)55-53(56-52)39-26-27-49-44(30-39)45-32-48(40-22-9-10-24-42(40)50(45)58-49)57-46-25-12-11-23-41(46)43-29-36-18-7-8-19-37(36)31-47(43)57/h1-32H. The average molecular weight is 741 g/mol. The first-order valence-electron chi connectivity index (χ1n) is 19.5. The Morgan fingerprint density at radius 3 is 1.69 bits per heavy atom. The van der Waals surface area contributed by atoms with E-state index in [1.807, 2.05) is 42.5 Å². The monoisotopic (exact) mass is 740 g/mol. The van der Waals surface area contributed by atoms with Gasteiger partial charge in [-0.05, 0) is 70.4 Å². The third-order valence-corrected chi connectivity index (χ3v) is 11.4. The summed E-state index contributed by atoms with van der Waals surface area (Å²) in [7, 11) is 0. The fourth-order valence-corrected chi connectivity index (χ4v) is 8.64. The van der Waals surface area contributed by atoms with Crippen molar-refractivity contribution in [3.05, 3.63) is 194 Å². The Morgan fingerprint density at radius 2 is 0.914 bits per heavy atom. The SMILES string of the molecule is c1ccc(-c2cccc(-c3nc(-c4ccccc4)nc(-c4ccc5oc6c7ccccc7c(-n7c8ccccc8c8cc9ccccc9cc87)cc6c5c4)n3)c2)cc1. The molecule has 3 aromatic heterocycles. The third kappa shape index (κ3) is 5.14. The summed E-state index contributed by atoms with van der Waals surface area (Å²) in [4.78, 5) is 15.3. The number of fused-ring (bicyclic) bond motifs is 9. The normalized spacial score (nSPS) is 11.8. The fourth-order valence-electron chi connectivity index (χ4n) is 8.64. The summed E-state index contributed by atoms with van der Waals surface area (Å²) in [5, 5.41) is 9.11. The van der Waals surface area contributed by atoms with E-state index in [4.69, 9.17) is 19.4 Å². The number of rotatable bonds is 5. The van der Waals surface area contributed by atoms with Gasteiger partial charge in [-0.25, -0.2) is 15.0 Å². The summed E-state index contributed by atoms with van der Waals surface area (Å²) in [5.41, 5.74) is 10.1. The van der Waals surface area contributed by atoms with Gasteiger partial charge < -0.3 is 8.98 Å². The van der Waals surface area contributed by atoms with E-state index in [0.717, 1.165) is 71.7 Å². The summed E-state index contributed by atoms with van der Waals surface area (Å²) >= 11 is 0. The van der Waals surface area contributed by atoms with Gasteiger partial charge in [0.15, 0.2) is 17.5 Å². The lowest BCUT2D eigenvalue weighted by atomic mass is 10.0. The molecule has 0 spiro atoms. The molecule has 3 heterocycles. The molecule has 12 aromatic rings. The molecule has 0 amide bonds. The van der Waals surface area contributed by atoms with Gasteiger partial charge in [0.2, 0.25) is 0 Å².